The Balaban J connectivity index is 2.35. The standard InChI is InChI=1S/C9H11N3O/c10-12-7-9(13)11-6-8-4-2-1-3-5-8/h1-5,10H,6-7H2,(H,11,13). The minimum Gasteiger partial charge on any atom is -0.350 e. The first-order valence-corrected chi connectivity index (χ1v) is 3.97. The van der Waals surface area contributed by atoms with Gasteiger partial charge in [0.1, 0.15) is 6.54 Å². The summed E-state index contributed by atoms with van der Waals surface area (Å²) in [7, 11) is 0. The predicted octanol–water partition coefficient (Wildman–Crippen LogP) is 1.33. The number of amides is 1. The lowest BCUT2D eigenvalue weighted by molar-refractivity contribution is -0.119. The molecule has 2 N–H and O–H groups in total. The number of hydrogen-bond donors (Lipinski definition) is 2. The first-order chi connectivity index (χ1) is 6.33. The van der Waals surface area contributed by atoms with E-state index in [1.165, 1.54) is 0 Å². The molecule has 1 aromatic rings. The van der Waals surface area contributed by atoms with Gasteiger partial charge in [0.05, 0.1) is 0 Å². The summed E-state index contributed by atoms with van der Waals surface area (Å²) in [5.41, 5.74) is 7.52. The Labute approximate surface area is 76.5 Å². The molecule has 0 fully saturated rings. The molecule has 4 nitrogen and oxygen atoms in total. The molecule has 0 saturated carbocycles. The average molecular weight is 177 g/mol. The van der Waals surface area contributed by atoms with Gasteiger partial charge in [0.15, 0.2) is 0 Å². The van der Waals surface area contributed by atoms with Crippen molar-refractivity contribution in [1.29, 1.82) is 5.53 Å². The van der Waals surface area contributed by atoms with E-state index in [1.807, 2.05) is 30.3 Å². The van der Waals surface area contributed by atoms with Crippen LogP contribution >= 0.6 is 0 Å². The maximum Gasteiger partial charge on any atom is 0.243 e. The number of nitrogens with zero attached hydrogens (tertiary/aromatic N) is 1. The lowest BCUT2D eigenvalue weighted by Gasteiger charge is -2.01. The van der Waals surface area contributed by atoms with Gasteiger partial charge in [-0.2, -0.15) is 5.11 Å². The second kappa shape index (κ2) is 5.03. The van der Waals surface area contributed by atoms with Crippen LogP contribution in [0.1, 0.15) is 5.56 Å². The van der Waals surface area contributed by atoms with Gasteiger partial charge in [-0.3, -0.25) is 4.79 Å². The van der Waals surface area contributed by atoms with Crippen LogP contribution in [-0.2, 0) is 11.3 Å². The zero-order valence-corrected chi connectivity index (χ0v) is 7.16. The van der Waals surface area contributed by atoms with Gasteiger partial charge >= 0.3 is 0 Å². The van der Waals surface area contributed by atoms with E-state index >= 15 is 0 Å². The van der Waals surface area contributed by atoms with Crippen molar-refractivity contribution >= 4 is 5.91 Å². The summed E-state index contributed by atoms with van der Waals surface area (Å²) in [4.78, 5) is 10.9. The van der Waals surface area contributed by atoms with Crippen LogP contribution in [0.4, 0.5) is 0 Å². The summed E-state index contributed by atoms with van der Waals surface area (Å²) in [6, 6.07) is 9.60. The molecule has 0 bridgehead atoms. The molecule has 1 rings (SSSR count). The third-order valence-electron chi connectivity index (χ3n) is 1.56. The molecule has 0 aliphatic heterocycles. The maximum atomic E-state index is 10.9. The molecule has 0 radical (unpaired) electrons. The van der Waals surface area contributed by atoms with E-state index in [1.54, 1.807) is 0 Å². The van der Waals surface area contributed by atoms with E-state index in [0.717, 1.165) is 5.56 Å². The van der Waals surface area contributed by atoms with E-state index < -0.39 is 0 Å². The highest BCUT2D eigenvalue weighted by Crippen LogP contribution is 1.96. The number of carbonyl (C=O) groups is 1. The first-order valence-electron chi connectivity index (χ1n) is 3.97. The van der Waals surface area contributed by atoms with Crippen LogP contribution in [-0.4, -0.2) is 12.5 Å². The molecule has 13 heavy (non-hydrogen) atoms. The zero-order chi connectivity index (χ0) is 9.52. The molecule has 0 spiro atoms. The normalized spacial score (nSPS) is 9.23. The number of nitrogens with one attached hydrogen (secondary N) is 2. The quantitative estimate of drug-likeness (QED) is 0.669. The fourth-order valence-corrected chi connectivity index (χ4v) is 0.924. The molecule has 68 valence electrons. The van der Waals surface area contributed by atoms with Crippen LogP contribution in [0.5, 0.6) is 0 Å². The van der Waals surface area contributed by atoms with Gasteiger partial charge in [0.2, 0.25) is 5.91 Å². The number of rotatable bonds is 4. The summed E-state index contributed by atoms with van der Waals surface area (Å²) < 4.78 is 0. The van der Waals surface area contributed by atoms with Gasteiger partial charge < -0.3 is 5.32 Å². The molecule has 4 heteroatoms. The van der Waals surface area contributed by atoms with Crippen LogP contribution in [0.2, 0.25) is 0 Å². The van der Waals surface area contributed by atoms with E-state index in [2.05, 4.69) is 10.4 Å². The summed E-state index contributed by atoms with van der Waals surface area (Å²) >= 11 is 0. The molecule has 0 aromatic heterocycles. The number of hydrogen-bond acceptors (Lipinski definition) is 3. The van der Waals surface area contributed by atoms with E-state index in [9.17, 15) is 4.79 Å². The Kier molecular flexibility index (Phi) is 3.63. The average Bonchev–Trinajstić information content (AvgIpc) is 2.17. The molecule has 0 heterocycles. The van der Waals surface area contributed by atoms with Crippen LogP contribution < -0.4 is 5.32 Å². The second-order valence-corrected chi connectivity index (χ2v) is 2.58. The molecular formula is C9H11N3O. The molecular weight excluding hydrogens is 166 g/mol. The van der Waals surface area contributed by atoms with E-state index in [-0.39, 0.29) is 12.5 Å². The molecule has 0 aliphatic carbocycles. The molecule has 0 unspecified atom stereocenters. The minimum absolute atomic E-state index is 0.0904. The van der Waals surface area contributed by atoms with E-state index in [0.29, 0.717) is 6.54 Å². The smallest absolute Gasteiger partial charge is 0.243 e. The van der Waals surface area contributed by atoms with E-state index in [4.69, 9.17) is 5.53 Å². The fraction of sp³-hybridized carbons (Fsp3) is 0.222. The lowest BCUT2D eigenvalue weighted by atomic mass is 10.2. The van der Waals surface area contributed by atoms with Crippen molar-refractivity contribution < 1.29 is 4.79 Å². The molecule has 0 aliphatic rings. The SMILES string of the molecule is N=NCC(=O)NCc1ccccc1. The number of benzene rings is 1. The van der Waals surface area contributed by atoms with Gasteiger partial charge in [-0.05, 0) is 5.56 Å². The summed E-state index contributed by atoms with van der Waals surface area (Å²) in [6.45, 7) is 0.405. The predicted molar refractivity (Wildman–Crippen MR) is 48.3 cm³/mol. The van der Waals surface area contributed by atoms with Crippen molar-refractivity contribution in [1.82, 2.24) is 5.32 Å². The Bertz CT molecular complexity index is 284. The van der Waals surface area contributed by atoms with Crippen LogP contribution in [0.25, 0.3) is 0 Å². The van der Waals surface area contributed by atoms with Crippen LogP contribution in [0, 0.1) is 5.53 Å². The summed E-state index contributed by atoms with van der Waals surface area (Å²) in [6.07, 6.45) is 0. The topological polar surface area (TPSA) is 65.3 Å². The summed E-state index contributed by atoms with van der Waals surface area (Å²) in [5.74, 6) is -0.223. The van der Waals surface area contributed by atoms with Crippen molar-refractivity contribution in [3.8, 4) is 0 Å². The Hall–Kier alpha value is -1.71. The highest BCUT2D eigenvalue weighted by Gasteiger charge is 1.97. The maximum absolute atomic E-state index is 10.9. The van der Waals surface area contributed by atoms with Crippen molar-refractivity contribution in [3.05, 3.63) is 35.9 Å². The minimum atomic E-state index is -0.223. The Morgan fingerprint density at radius 1 is 1.38 bits per heavy atom. The third kappa shape index (κ3) is 3.46. The largest absolute Gasteiger partial charge is 0.350 e. The third-order valence-corrected chi connectivity index (χ3v) is 1.56. The summed E-state index contributed by atoms with van der Waals surface area (Å²) in [5, 5.41) is 5.63. The van der Waals surface area contributed by atoms with Crippen molar-refractivity contribution in [2.75, 3.05) is 6.54 Å². The Morgan fingerprint density at radius 2 is 2.08 bits per heavy atom. The van der Waals surface area contributed by atoms with Crippen LogP contribution in [0.15, 0.2) is 35.4 Å². The molecule has 1 aromatic carbocycles. The molecule has 1 amide bonds. The van der Waals surface area contributed by atoms with Crippen molar-refractivity contribution in [2.24, 2.45) is 5.11 Å². The van der Waals surface area contributed by atoms with Gasteiger partial charge in [-0.15, -0.1) is 0 Å². The first kappa shape index (κ1) is 9.38. The van der Waals surface area contributed by atoms with Crippen LogP contribution in [0.3, 0.4) is 0 Å². The van der Waals surface area contributed by atoms with Gasteiger partial charge in [-0.25, -0.2) is 5.53 Å². The molecule has 0 saturated heterocycles. The van der Waals surface area contributed by atoms with Gasteiger partial charge in [0, 0.05) is 6.54 Å². The Morgan fingerprint density at radius 3 is 2.69 bits per heavy atom. The highest BCUT2D eigenvalue weighted by molar-refractivity contribution is 5.77. The zero-order valence-electron chi connectivity index (χ0n) is 7.16. The highest BCUT2D eigenvalue weighted by atomic mass is 16.1. The second-order valence-electron chi connectivity index (χ2n) is 2.58. The fourth-order valence-electron chi connectivity index (χ4n) is 0.924. The monoisotopic (exact) mass is 177 g/mol. The number of carbonyl (C=O) groups excluding carboxylic acids is 1. The van der Waals surface area contributed by atoms with Gasteiger partial charge in [-0.1, -0.05) is 30.3 Å². The van der Waals surface area contributed by atoms with Crippen molar-refractivity contribution in [2.45, 2.75) is 6.54 Å². The van der Waals surface area contributed by atoms with Gasteiger partial charge in [0.25, 0.3) is 0 Å². The lowest BCUT2D eigenvalue weighted by Crippen LogP contribution is -2.24. The molecule has 0 atom stereocenters. The van der Waals surface area contributed by atoms with Crippen molar-refractivity contribution in [3.63, 3.8) is 0 Å².